The molecule has 3 rings (SSSR count). The van der Waals surface area contributed by atoms with Crippen molar-refractivity contribution in [2.75, 3.05) is 23.3 Å². The maximum absolute atomic E-state index is 13.6. The molecular weight excluding hydrogens is 461 g/mol. The minimum Gasteiger partial charge on any atom is -0.388 e. The van der Waals surface area contributed by atoms with Crippen LogP contribution in [0.4, 0.5) is 30.6 Å². The Kier molecular flexibility index (Phi) is 6.87. The normalized spacial score (nSPS) is 19.7. The second kappa shape index (κ2) is 9.03. The van der Waals surface area contributed by atoms with Crippen LogP contribution in [0.2, 0.25) is 0 Å². The molecular formula is C20H27F3N6O3S. The maximum Gasteiger partial charge on any atom is 0.421 e. The summed E-state index contributed by atoms with van der Waals surface area (Å²) in [6.45, 7) is 6.81. The molecule has 1 aliphatic rings. The quantitative estimate of drug-likeness (QED) is 0.568. The molecule has 2 aromatic heterocycles. The van der Waals surface area contributed by atoms with E-state index in [-0.39, 0.29) is 29.4 Å². The van der Waals surface area contributed by atoms with Gasteiger partial charge < -0.3 is 15.3 Å². The van der Waals surface area contributed by atoms with Crippen molar-refractivity contribution in [1.29, 1.82) is 0 Å². The summed E-state index contributed by atoms with van der Waals surface area (Å²) in [4.78, 5) is 13.4. The first-order chi connectivity index (χ1) is 15.2. The summed E-state index contributed by atoms with van der Waals surface area (Å²) in [7, 11) is -3.80. The van der Waals surface area contributed by atoms with Crippen LogP contribution in [-0.2, 0) is 16.2 Å². The standard InChI is InChI=1S/C20H27F3N6O3S/c1-12(2)28-33(31,32)16-7-6-15(13(3)25-16)26-18-24-10-14(20(21,22)23)17(27-18)29-9-5-8-19(4,30)11-29/h6-7,10,12,28,30H,5,8-9,11H2,1-4H3,(H,24,26,27)/t19-/m0/s1. The van der Waals surface area contributed by atoms with Crippen molar-refractivity contribution in [3.05, 3.63) is 29.6 Å². The van der Waals surface area contributed by atoms with Gasteiger partial charge in [-0.1, -0.05) is 0 Å². The number of nitrogens with one attached hydrogen (secondary N) is 2. The highest BCUT2D eigenvalue weighted by atomic mass is 32.2. The number of aromatic nitrogens is 3. The van der Waals surface area contributed by atoms with Gasteiger partial charge in [0.05, 0.1) is 17.0 Å². The SMILES string of the molecule is Cc1nc(S(=O)(=O)NC(C)C)ccc1Nc1ncc(C(F)(F)F)c(N2CCC[C@](C)(O)C2)n1. The Hall–Kier alpha value is -2.51. The lowest BCUT2D eigenvalue weighted by atomic mass is 9.95. The highest BCUT2D eigenvalue weighted by Crippen LogP contribution is 2.37. The Morgan fingerprint density at radius 2 is 1.94 bits per heavy atom. The molecule has 0 aliphatic carbocycles. The van der Waals surface area contributed by atoms with Crippen molar-refractivity contribution in [3.63, 3.8) is 0 Å². The molecule has 182 valence electrons. The fourth-order valence-electron chi connectivity index (χ4n) is 3.59. The average Bonchev–Trinajstić information content (AvgIpc) is 2.67. The van der Waals surface area contributed by atoms with Crippen molar-refractivity contribution in [2.45, 2.75) is 63.4 Å². The molecule has 13 heteroatoms. The molecule has 0 unspecified atom stereocenters. The van der Waals surface area contributed by atoms with Gasteiger partial charge in [-0.3, -0.25) is 0 Å². The number of alkyl halides is 3. The number of halogens is 3. The molecule has 0 saturated carbocycles. The number of rotatable bonds is 6. The van der Waals surface area contributed by atoms with Crippen LogP contribution < -0.4 is 14.9 Å². The van der Waals surface area contributed by atoms with Crippen LogP contribution in [0.25, 0.3) is 0 Å². The van der Waals surface area contributed by atoms with Gasteiger partial charge in [-0.25, -0.2) is 23.1 Å². The third-order valence-corrected chi connectivity index (χ3v) is 6.58. The number of β-amino-alcohol motifs (C(OH)–C–C–N with tert-alkyl or cyclic N) is 1. The Bertz CT molecular complexity index is 1120. The molecule has 33 heavy (non-hydrogen) atoms. The molecule has 3 N–H and O–H groups in total. The van der Waals surface area contributed by atoms with E-state index in [1.165, 1.54) is 17.0 Å². The number of aryl methyl sites for hydroxylation is 1. The lowest BCUT2D eigenvalue weighted by Gasteiger charge is -2.38. The average molecular weight is 489 g/mol. The van der Waals surface area contributed by atoms with Crippen molar-refractivity contribution in [3.8, 4) is 0 Å². The third-order valence-electron chi connectivity index (χ3n) is 5.02. The molecule has 1 saturated heterocycles. The number of sulfonamides is 1. The lowest BCUT2D eigenvalue weighted by Crippen LogP contribution is -2.47. The van der Waals surface area contributed by atoms with Crippen LogP contribution >= 0.6 is 0 Å². The number of piperidine rings is 1. The Morgan fingerprint density at radius 1 is 1.24 bits per heavy atom. The summed E-state index contributed by atoms with van der Waals surface area (Å²) in [5.41, 5.74) is -1.49. The van der Waals surface area contributed by atoms with Gasteiger partial charge in [0.15, 0.2) is 5.03 Å². The first-order valence-corrected chi connectivity index (χ1v) is 11.8. The van der Waals surface area contributed by atoms with Gasteiger partial charge in [-0.2, -0.15) is 18.2 Å². The monoisotopic (exact) mass is 488 g/mol. The summed E-state index contributed by atoms with van der Waals surface area (Å²) in [5.74, 6) is -0.435. The third kappa shape index (κ3) is 6.09. The second-order valence-electron chi connectivity index (χ2n) is 8.63. The van der Waals surface area contributed by atoms with E-state index in [4.69, 9.17) is 0 Å². The zero-order chi connectivity index (χ0) is 24.6. The molecule has 0 spiro atoms. The second-order valence-corrected chi connectivity index (χ2v) is 10.3. The number of anilines is 3. The van der Waals surface area contributed by atoms with Crippen LogP contribution in [0.3, 0.4) is 0 Å². The predicted octanol–water partition coefficient (Wildman–Crippen LogP) is 2.98. The van der Waals surface area contributed by atoms with E-state index in [0.29, 0.717) is 37.0 Å². The van der Waals surface area contributed by atoms with Gasteiger partial charge in [-0.15, -0.1) is 0 Å². The highest BCUT2D eigenvalue weighted by Gasteiger charge is 2.39. The largest absolute Gasteiger partial charge is 0.421 e. The van der Waals surface area contributed by atoms with E-state index >= 15 is 0 Å². The first kappa shape index (κ1) is 25.1. The zero-order valence-electron chi connectivity index (χ0n) is 18.7. The fraction of sp³-hybridized carbons (Fsp3) is 0.550. The van der Waals surface area contributed by atoms with E-state index in [2.05, 4.69) is 25.0 Å². The zero-order valence-corrected chi connectivity index (χ0v) is 19.5. The first-order valence-electron chi connectivity index (χ1n) is 10.4. The van der Waals surface area contributed by atoms with Gasteiger partial charge in [0.1, 0.15) is 11.4 Å². The molecule has 3 heterocycles. The van der Waals surface area contributed by atoms with Crippen LogP contribution in [0.5, 0.6) is 0 Å². The molecule has 1 fully saturated rings. The van der Waals surface area contributed by atoms with Crippen molar-refractivity contribution < 1.29 is 26.7 Å². The summed E-state index contributed by atoms with van der Waals surface area (Å²) in [5, 5.41) is 13.0. The van der Waals surface area contributed by atoms with Crippen molar-refractivity contribution in [1.82, 2.24) is 19.7 Å². The maximum atomic E-state index is 13.6. The number of aliphatic hydroxyl groups is 1. The Balaban J connectivity index is 1.93. The van der Waals surface area contributed by atoms with E-state index in [1.54, 1.807) is 27.7 Å². The molecule has 2 aromatic rings. The number of nitrogens with zero attached hydrogens (tertiary/aromatic N) is 4. The van der Waals surface area contributed by atoms with Gasteiger partial charge in [0.2, 0.25) is 5.95 Å². The van der Waals surface area contributed by atoms with Gasteiger partial charge in [0.25, 0.3) is 10.0 Å². The lowest BCUT2D eigenvalue weighted by molar-refractivity contribution is -0.137. The topological polar surface area (TPSA) is 120 Å². The van der Waals surface area contributed by atoms with E-state index < -0.39 is 27.4 Å². The summed E-state index contributed by atoms with van der Waals surface area (Å²) in [6.07, 6.45) is -2.98. The summed E-state index contributed by atoms with van der Waals surface area (Å²) in [6, 6.07) is 2.42. The molecule has 9 nitrogen and oxygen atoms in total. The molecule has 1 atom stereocenters. The molecule has 1 aliphatic heterocycles. The van der Waals surface area contributed by atoms with Gasteiger partial charge in [-0.05, 0) is 52.7 Å². The fourth-order valence-corrected chi connectivity index (χ4v) is 4.83. The van der Waals surface area contributed by atoms with Crippen molar-refractivity contribution >= 4 is 27.5 Å². The van der Waals surface area contributed by atoms with E-state index in [0.717, 1.165) is 0 Å². The smallest absolute Gasteiger partial charge is 0.388 e. The molecule has 0 bridgehead atoms. The molecule has 0 amide bonds. The minimum absolute atomic E-state index is 0.00250. The van der Waals surface area contributed by atoms with Gasteiger partial charge in [0, 0.05) is 25.3 Å². The van der Waals surface area contributed by atoms with Crippen LogP contribution in [0.15, 0.2) is 23.4 Å². The van der Waals surface area contributed by atoms with Crippen LogP contribution in [0, 0.1) is 6.92 Å². The number of pyridine rings is 1. The minimum atomic E-state index is -4.67. The highest BCUT2D eigenvalue weighted by molar-refractivity contribution is 7.89. The van der Waals surface area contributed by atoms with Crippen LogP contribution in [-0.4, -0.2) is 53.2 Å². The summed E-state index contributed by atoms with van der Waals surface area (Å²) < 4.78 is 67.9. The van der Waals surface area contributed by atoms with Crippen LogP contribution in [0.1, 0.15) is 44.9 Å². The Labute approximate surface area is 190 Å². The van der Waals surface area contributed by atoms with Crippen molar-refractivity contribution in [2.24, 2.45) is 0 Å². The summed E-state index contributed by atoms with van der Waals surface area (Å²) >= 11 is 0. The predicted molar refractivity (Wildman–Crippen MR) is 117 cm³/mol. The molecule has 0 radical (unpaired) electrons. The van der Waals surface area contributed by atoms with E-state index in [1.807, 2.05) is 0 Å². The van der Waals surface area contributed by atoms with E-state index in [9.17, 15) is 26.7 Å². The molecule has 0 aromatic carbocycles. The Morgan fingerprint density at radius 3 is 2.52 bits per heavy atom. The number of hydrogen-bond donors (Lipinski definition) is 3. The van der Waals surface area contributed by atoms with Gasteiger partial charge >= 0.3 is 6.18 Å². The number of hydrogen-bond acceptors (Lipinski definition) is 8.